The fourth-order valence-electron chi connectivity index (χ4n) is 3.13. The summed E-state index contributed by atoms with van der Waals surface area (Å²) in [5.41, 5.74) is 0. The van der Waals surface area contributed by atoms with E-state index >= 15 is 0 Å². The third kappa shape index (κ3) is 4.52. The van der Waals surface area contributed by atoms with Crippen LogP contribution in [0.15, 0.2) is 0 Å². The first kappa shape index (κ1) is 15.9. The first-order valence-electron chi connectivity index (χ1n) is 7.87. The van der Waals surface area contributed by atoms with Gasteiger partial charge in [0, 0.05) is 6.04 Å². The molecule has 1 aliphatic rings. The fraction of sp³-hybridized carbons (Fsp3) is 1.00. The molecule has 0 amide bonds. The second-order valence-corrected chi connectivity index (χ2v) is 5.47. The predicted octanol–water partition coefficient (Wildman–Crippen LogP) is 2.04. The predicted molar refractivity (Wildman–Crippen MR) is 80.1 cm³/mol. The van der Waals surface area contributed by atoms with Gasteiger partial charge in [0.1, 0.15) is 0 Å². The van der Waals surface area contributed by atoms with Crippen LogP contribution in [0.25, 0.3) is 0 Å². The molecule has 0 aromatic rings. The van der Waals surface area contributed by atoms with E-state index in [4.69, 9.17) is 0 Å². The molecule has 3 heteroatoms. The van der Waals surface area contributed by atoms with Crippen LogP contribution >= 0.6 is 0 Å². The summed E-state index contributed by atoms with van der Waals surface area (Å²) >= 11 is 0. The second kappa shape index (κ2) is 8.89. The fourth-order valence-corrected chi connectivity index (χ4v) is 3.13. The number of hydrogen-bond donors (Lipinski definition) is 1. The van der Waals surface area contributed by atoms with Gasteiger partial charge in [0.25, 0.3) is 0 Å². The smallest absolute Gasteiger partial charge is 0.0136 e. The molecule has 0 spiro atoms. The standard InChI is InChI=1S/C15H33N3/c1-5-17(6-2)11-8-12-18(7-3)15-10-9-14(15)13-16-4/h14-16H,5-13H2,1-4H3. The molecule has 1 saturated carbocycles. The van der Waals surface area contributed by atoms with Crippen molar-refractivity contribution in [3.63, 3.8) is 0 Å². The molecule has 0 aliphatic heterocycles. The van der Waals surface area contributed by atoms with Gasteiger partial charge >= 0.3 is 0 Å². The minimum atomic E-state index is 0.846. The Morgan fingerprint density at radius 3 is 2.17 bits per heavy atom. The minimum Gasteiger partial charge on any atom is -0.319 e. The highest BCUT2D eigenvalue weighted by atomic mass is 15.2. The van der Waals surface area contributed by atoms with Gasteiger partial charge in [0.15, 0.2) is 0 Å². The van der Waals surface area contributed by atoms with E-state index in [1.165, 1.54) is 58.5 Å². The van der Waals surface area contributed by atoms with Gasteiger partial charge in [-0.1, -0.05) is 20.8 Å². The van der Waals surface area contributed by atoms with E-state index in [0.29, 0.717) is 0 Å². The van der Waals surface area contributed by atoms with Gasteiger partial charge in [-0.05, 0) is 71.5 Å². The van der Waals surface area contributed by atoms with E-state index in [-0.39, 0.29) is 0 Å². The van der Waals surface area contributed by atoms with Gasteiger partial charge in [-0.2, -0.15) is 0 Å². The van der Waals surface area contributed by atoms with Crippen LogP contribution < -0.4 is 5.32 Å². The monoisotopic (exact) mass is 255 g/mol. The summed E-state index contributed by atoms with van der Waals surface area (Å²) in [6.45, 7) is 14.1. The molecule has 1 rings (SSSR count). The molecule has 0 radical (unpaired) electrons. The molecule has 3 nitrogen and oxygen atoms in total. The molecule has 0 bridgehead atoms. The minimum absolute atomic E-state index is 0.846. The number of rotatable bonds is 10. The number of nitrogens with one attached hydrogen (secondary N) is 1. The van der Waals surface area contributed by atoms with Gasteiger partial charge in [-0.25, -0.2) is 0 Å². The van der Waals surface area contributed by atoms with Crippen molar-refractivity contribution in [1.82, 2.24) is 15.1 Å². The first-order valence-corrected chi connectivity index (χ1v) is 7.87. The van der Waals surface area contributed by atoms with Crippen molar-refractivity contribution in [2.24, 2.45) is 5.92 Å². The maximum Gasteiger partial charge on any atom is 0.0136 e. The SMILES string of the molecule is CCN(CC)CCCN(CC)C1CCC1CNC. The Hall–Kier alpha value is -0.120. The average Bonchev–Trinajstić information content (AvgIpc) is 2.38. The quantitative estimate of drug-likeness (QED) is 0.644. The summed E-state index contributed by atoms with van der Waals surface area (Å²) in [6.07, 6.45) is 4.14. The van der Waals surface area contributed by atoms with Crippen LogP contribution in [0.4, 0.5) is 0 Å². The zero-order valence-corrected chi connectivity index (χ0v) is 12.9. The third-order valence-electron chi connectivity index (χ3n) is 4.53. The highest BCUT2D eigenvalue weighted by molar-refractivity contribution is 4.89. The van der Waals surface area contributed by atoms with Crippen LogP contribution in [-0.4, -0.2) is 62.2 Å². The van der Waals surface area contributed by atoms with Crippen molar-refractivity contribution in [1.29, 1.82) is 0 Å². The summed E-state index contributed by atoms with van der Waals surface area (Å²) in [7, 11) is 2.08. The van der Waals surface area contributed by atoms with E-state index in [2.05, 4.69) is 42.9 Å². The maximum absolute atomic E-state index is 3.34. The molecule has 0 aromatic heterocycles. The molecule has 2 atom stereocenters. The Morgan fingerprint density at radius 2 is 1.72 bits per heavy atom. The van der Waals surface area contributed by atoms with Crippen LogP contribution in [-0.2, 0) is 0 Å². The van der Waals surface area contributed by atoms with Crippen molar-refractivity contribution < 1.29 is 0 Å². The molecule has 1 aliphatic carbocycles. The van der Waals surface area contributed by atoms with Crippen LogP contribution in [0.1, 0.15) is 40.0 Å². The molecule has 2 unspecified atom stereocenters. The molecule has 0 heterocycles. The largest absolute Gasteiger partial charge is 0.319 e. The molecule has 108 valence electrons. The van der Waals surface area contributed by atoms with E-state index in [0.717, 1.165) is 12.0 Å². The molecular formula is C15H33N3. The van der Waals surface area contributed by atoms with E-state index in [9.17, 15) is 0 Å². The normalized spacial score (nSPS) is 23.7. The van der Waals surface area contributed by atoms with Crippen molar-refractivity contribution >= 4 is 0 Å². The van der Waals surface area contributed by atoms with Crippen molar-refractivity contribution in [2.75, 3.05) is 46.3 Å². The molecular weight excluding hydrogens is 222 g/mol. The number of hydrogen-bond acceptors (Lipinski definition) is 3. The first-order chi connectivity index (χ1) is 8.76. The lowest BCUT2D eigenvalue weighted by Gasteiger charge is -2.44. The van der Waals surface area contributed by atoms with Crippen molar-refractivity contribution in [2.45, 2.75) is 46.1 Å². The third-order valence-corrected chi connectivity index (χ3v) is 4.53. The van der Waals surface area contributed by atoms with Gasteiger partial charge in [0.05, 0.1) is 0 Å². The van der Waals surface area contributed by atoms with Crippen molar-refractivity contribution in [3.05, 3.63) is 0 Å². The van der Waals surface area contributed by atoms with Crippen molar-refractivity contribution in [3.8, 4) is 0 Å². The highest BCUT2D eigenvalue weighted by Gasteiger charge is 2.33. The molecule has 1 N–H and O–H groups in total. The van der Waals surface area contributed by atoms with Crippen LogP contribution in [0.5, 0.6) is 0 Å². The summed E-state index contributed by atoms with van der Waals surface area (Å²) in [6, 6.07) is 0.846. The Balaban J connectivity index is 2.25. The number of nitrogens with zero attached hydrogens (tertiary/aromatic N) is 2. The lowest BCUT2D eigenvalue weighted by Crippen LogP contribution is -2.50. The summed E-state index contributed by atoms with van der Waals surface area (Å²) in [5.74, 6) is 0.892. The van der Waals surface area contributed by atoms with Gasteiger partial charge in [-0.15, -0.1) is 0 Å². The zero-order chi connectivity index (χ0) is 13.4. The zero-order valence-electron chi connectivity index (χ0n) is 12.9. The Kier molecular flexibility index (Phi) is 7.87. The molecule has 0 aromatic carbocycles. The van der Waals surface area contributed by atoms with Crippen LogP contribution in [0.3, 0.4) is 0 Å². The highest BCUT2D eigenvalue weighted by Crippen LogP contribution is 2.31. The second-order valence-electron chi connectivity index (χ2n) is 5.47. The topological polar surface area (TPSA) is 18.5 Å². The summed E-state index contributed by atoms with van der Waals surface area (Å²) in [4.78, 5) is 5.23. The van der Waals surface area contributed by atoms with Crippen LogP contribution in [0.2, 0.25) is 0 Å². The summed E-state index contributed by atoms with van der Waals surface area (Å²) < 4.78 is 0. The average molecular weight is 255 g/mol. The molecule has 0 saturated heterocycles. The van der Waals surface area contributed by atoms with Crippen LogP contribution in [0, 0.1) is 5.92 Å². The Bertz CT molecular complexity index is 204. The lowest BCUT2D eigenvalue weighted by molar-refractivity contribution is 0.0637. The molecule has 18 heavy (non-hydrogen) atoms. The Labute approximate surface area is 114 Å². The van der Waals surface area contributed by atoms with Gasteiger partial charge in [0.2, 0.25) is 0 Å². The molecule has 1 fully saturated rings. The van der Waals surface area contributed by atoms with E-state index < -0.39 is 0 Å². The summed E-state index contributed by atoms with van der Waals surface area (Å²) in [5, 5.41) is 3.34. The van der Waals surface area contributed by atoms with E-state index in [1.807, 2.05) is 0 Å². The Morgan fingerprint density at radius 1 is 1.00 bits per heavy atom. The lowest BCUT2D eigenvalue weighted by atomic mass is 9.78. The van der Waals surface area contributed by atoms with Gasteiger partial charge < -0.3 is 15.1 Å². The van der Waals surface area contributed by atoms with E-state index in [1.54, 1.807) is 0 Å². The van der Waals surface area contributed by atoms with Gasteiger partial charge in [-0.3, -0.25) is 0 Å². The maximum atomic E-state index is 3.34.